The van der Waals surface area contributed by atoms with Gasteiger partial charge in [-0.3, -0.25) is 4.79 Å². The number of rotatable bonds is 6. The molecule has 5 nitrogen and oxygen atoms in total. The van der Waals surface area contributed by atoms with Crippen molar-refractivity contribution in [1.29, 1.82) is 0 Å². The topological polar surface area (TPSA) is 59.2 Å². The predicted octanol–water partition coefficient (Wildman–Crippen LogP) is 4.02. The van der Waals surface area contributed by atoms with E-state index in [0.717, 1.165) is 18.4 Å². The van der Waals surface area contributed by atoms with Crippen LogP contribution in [0.1, 0.15) is 35.4 Å². The fourth-order valence-corrected chi connectivity index (χ4v) is 3.13. The number of nitrogens with zero attached hydrogens (tertiary/aromatic N) is 3. The van der Waals surface area contributed by atoms with E-state index >= 15 is 0 Å². The monoisotopic (exact) mass is 341 g/mol. The first kappa shape index (κ1) is 16.4. The lowest BCUT2D eigenvalue weighted by Crippen LogP contribution is -2.26. The van der Waals surface area contributed by atoms with E-state index in [1.54, 1.807) is 23.3 Å². The zero-order valence-corrected chi connectivity index (χ0v) is 14.5. The summed E-state index contributed by atoms with van der Waals surface area (Å²) in [6, 6.07) is 11.7. The Balaban J connectivity index is 1.66. The van der Waals surface area contributed by atoms with Gasteiger partial charge in [-0.05, 0) is 35.6 Å². The van der Waals surface area contributed by atoms with Gasteiger partial charge in [0.05, 0.1) is 6.54 Å². The van der Waals surface area contributed by atoms with Crippen LogP contribution in [0.4, 0.5) is 0 Å². The van der Waals surface area contributed by atoms with Crippen molar-refractivity contribution in [2.24, 2.45) is 0 Å². The highest BCUT2D eigenvalue weighted by molar-refractivity contribution is 7.13. The van der Waals surface area contributed by atoms with Crippen LogP contribution in [0.2, 0.25) is 0 Å². The first-order valence-corrected chi connectivity index (χ1v) is 8.76. The maximum Gasteiger partial charge on any atom is 0.254 e. The van der Waals surface area contributed by atoms with Crippen LogP contribution in [0.5, 0.6) is 0 Å². The molecular formula is C18H19N3O2S. The van der Waals surface area contributed by atoms with Gasteiger partial charge in [-0.25, -0.2) is 0 Å². The number of hydrogen-bond donors (Lipinski definition) is 0. The molecule has 124 valence electrons. The molecular weight excluding hydrogens is 322 g/mol. The van der Waals surface area contributed by atoms with Crippen molar-refractivity contribution >= 4 is 17.2 Å². The third kappa shape index (κ3) is 3.71. The summed E-state index contributed by atoms with van der Waals surface area (Å²) >= 11 is 1.68. The van der Waals surface area contributed by atoms with E-state index in [-0.39, 0.29) is 5.91 Å². The maximum absolute atomic E-state index is 12.5. The Morgan fingerprint density at radius 3 is 2.71 bits per heavy atom. The summed E-state index contributed by atoms with van der Waals surface area (Å²) in [6.45, 7) is 2.39. The minimum Gasteiger partial charge on any atom is -0.339 e. The molecule has 0 radical (unpaired) electrons. The van der Waals surface area contributed by atoms with Gasteiger partial charge in [-0.1, -0.05) is 30.3 Å². The SMILES string of the molecule is CCCc1nc(CN(C)C(=O)c2ccc(-c3cccs3)cc2)no1. The molecule has 0 aliphatic carbocycles. The second-order valence-electron chi connectivity index (χ2n) is 5.57. The van der Waals surface area contributed by atoms with Crippen LogP contribution < -0.4 is 0 Å². The number of benzene rings is 1. The van der Waals surface area contributed by atoms with Crippen molar-refractivity contribution in [2.45, 2.75) is 26.3 Å². The Morgan fingerprint density at radius 1 is 1.25 bits per heavy atom. The lowest BCUT2D eigenvalue weighted by atomic mass is 10.1. The third-order valence-corrected chi connectivity index (χ3v) is 4.56. The van der Waals surface area contributed by atoms with Gasteiger partial charge in [0.2, 0.25) is 5.89 Å². The molecule has 2 heterocycles. The molecule has 6 heteroatoms. The summed E-state index contributed by atoms with van der Waals surface area (Å²) < 4.78 is 5.15. The zero-order valence-electron chi connectivity index (χ0n) is 13.7. The number of hydrogen-bond acceptors (Lipinski definition) is 5. The normalized spacial score (nSPS) is 10.8. The smallest absolute Gasteiger partial charge is 0.254 e. The lowest BCUT2D eigenvalue weighted by molar-refractivity contribution is 0.0780. The summed E-state index contributed by atoms with van der Waals surface area (Å²) in [5, 5.41) is 5.96. The van der Waals surface area contributed by atoms with Crippen molar-refractivity contribution in [3.63, 3.8) is 0 Å². The van der Waals surface area contributed by atoms with Crippen molar-refractivity contribution in [1.82, 2.24) is 15.0 Å². The third-order valence-electron chi connectivity index (χ3n) is 3.64. The van der Waals surface area contributed by atoms with E-state index in [4.69, 9.17) is 4.52 Å². The molecule has 0 fully saturated rings. The van der Waals surface area contributed by atoms with Gasteiger partial charge >= 0.3 is 0 Å². The van der Waals surface area contributed by atoms with Gasteiger partial charge in [0.25, 0.3) is 5.91 Å². The van der Waals surface area contributed by atoms with Crippen molar-refractivity contribution in [3.8, 4) is 10.4 Å². The number of carbonyl (C=O) groups excluding carboxylic acids is 1. The molecule has 1 aromatic carbocycles. The fourth-order valence-electron chi connectivity index (χ4n) is 2.39. The van der Waals surface area contributed by atoms with Crippen LogP contribution in [0.15, 0.2) is 46.3 Å². The van der Waals surface area contributed by atoms with Gasteiger partial charge < -0.3 is 9.42 Å². The van der Waals surface area contributed by atoms with E-state index < -0.39 is 0 Å². The maximum atomic E-state index is 12.5. The number of amides is 1. The Bertz CT molecular complexity index is 794. The summed E-state index contributed by atoms with van der Waals surface area (Å²) in [4.78, 5) is 19.6. The number of aromatic nitrogens is 2. The summed E-state index contributed by atoms with van der Waals surface area (Å²) in [6.07, 6.45) is 1.71. The average molecular weight is 341 g/mol. The van der Waals surface area contributed by atoms with Gasteiger partial charge in [0.15, 0.2) is 5.82 Å². The van der Waals surface area contributed by atoms with E-state index in [1.165, 1.54) is 4.88 Å². The molecule has 24 heavy (non-hydrogen) atoms. The summed E-state index contributed by atoms with van der Waals surface area (Å²) in [5.74, 6) is 1.09. The molecule has 0 saturated heterocycles. The van der Waals surface area contributed by atoms with E-state index in [0.29, 0.717) is 23.8 Å². The Morgan fingerprint density at radius 2 is 2.04 bits per heavy atom. The first-order valence-electron chi connectivity index (χ1n) is 7.88. The number of aryl methyl sites for hydroxylation is 1. The van der Waals surface area contributed by atoms with Crippen LogP contribution in [-0.4, -0.2) is 28.0 Å². The highest BCUT2D eigenvalue weighted by atomic mass is 32.1. The van der Waals surface area contributed by atoms with Crippen molar-refractivity contribution < 1.29 is 9.32 Å². The van der Waals surface area contributed by atoms with Crippen LogP contribution >= 0.6 is 11.3 Å². The van der Waals surface area contributed by atoms with E-state index in [1.807, 2.05) is 35.7 Å². The van der Waals surface area contributed by atoms with Gasteiger partial charge in [-0.2, -0.15) is 4.98 Å². The molecule has 0 saturated carbocycles. The highest BCUT2D eigenvalue weighted by Gasteiger charge is 2.15. The van der Waals surface area contributed by atoms with Crippen LogP contribution in [0.25, 0.3) is 10.4 Å². The molecule has 0 atom stereocenters. The second-order valence-corrected chi connectivity index (χ2v) is 6.52. The molecule has 0 aliphatic rings. The Kier molecular flexibility index (Phi) is 5.05. The lowest BCUT2D eigenvalue weighted by Gasteiger charge is -2.15. The van der Waals surface area contributed by atoms with Crippen molar-refractivity contribution in [2.75, 3.05) is 7.05 Å². The zero-order chi connectivity index (χ0) is 16.9. The van der Waals surface area contributed by atoms with Gasteiger partial charge in [0.1, 0.15) is 0 Å². The van der Waals surface area contributed by atoms with Crippen LogP contribution in [-0.2, 0) is 13.0 Å². The molecule has 0 aliphatic heterocycles. The summed E-state index contributed by atoms with van der Waals surface area (Å²) in [5.41, 5.74) is 1.77. The minimum atomic E-state index is -0.0606. The largest absolute Gasteiger partial charge is 0.339 e. The second kappa shape index (κ2) is 7.40. The van der Waals surface area contributed by atoms with Crippen LogP contribution in [0.3, 0.4) is 0 Å². The van der Waals surface area contributed by atoms with Crippen molar-refractivity contribution in [3.05, 3.63) is 59.1 Å². The average Bonchev–Trinajstić information content (AvgIpc) is 3.27. The minimum absolute atomic E-state index is 0.0606. The predicted molar refractivity (Wildman–Crippen MR) is 93.8 cm³/mol. The van der Waals surface area contributed by atoms with Crippen LogP contribution in [0, 0.1) is 0 Å². The fraction of sp³-hybridized carbons (Fsp3) is 0.278. The molecule has 0 unspecified atom stereocenters. The van der Waals surface area contributed by atoms with Gasteiger partial charge in [-0.15, -0.1) is 11.3 Å². The molecule has 0 bridgehead atoms. The first-order chi connectivity index (χ1) is 11.7. The van der Waals surface area contributed by atoms with E-state index in [2.05, 4.69) is 23.1 Å². The molecule has 3 rings (SSSR count). The molecule has 0 spiro atoms. The Labute approximate surface area is 144 Å². The Hall–Kier alpha value is -2.47. The molecule has 0 N–H and O–H groups in total. The quantitative estimate of drug-likeness (QED) is 0.679. The van der Waals surface area contributed by atoms with E-state index in [9.17, 15) is 4.79 Å². The number of carbonyl (C=O) groups is 1. The highest BCUT2D eigenvalue weighted by Crippen LogP contribution is 2.24. The number of thiophene rings is 1. The summed E-state index contributed by atoms with van der Waals surface area (Å²) in [7, 11) is 1.74. The standard InChI is InChI=1S/C18H19N3O2S/c1-3-5-17-19-16(20-23-17)12-21(2)18(22)14-9-7-13(8-10-14)15-6-4-11-24-15/h4,6-11H,3,5,12H2,1-2H3. The molecule has 2 aromatic heterocycles. The molecule has 3 aromatic rings. The molecule has 1 amide bonds. The van der Waals surface area contributed by atoms with Gasteiger partial charge in [0, 0.05) is 23.9 Å².